The summed E-state index contributed by atoms with van der Waals surface area (Å²) in [7, 11) is 0. The Bertz CT molecular complexity index is 1030. The lowest BCUT2D eigenvalue weighted by Crippen LogP contribution is -2.21. The van der Waals surface area contributed by atoms with Crippen molar-refractivity contribution in [1.29, 1.82) is 0 Å². The summed E-state index contributed by atoms with van der Waals surface area (Å²) in [5.74, 6) is 1.76. The number of fused-ring (bicyclic) bond motifs is 1. The number of carbonyl (C=O) groups excluding carboxylic acids is 1. The molecule has 31 heavy (non-hydrogen) atoms. The van der Waals surface area contributed by atoms with Crippen molar-refractivity contribution in [3.63, 3.8) is 0 Å². The topological polar surface area (TPSA) is 108 Å². The largest absolute Gasteiger partial charge is 0.472 e. The predicted octanol–water partition coefficient (Wildman–Crippen LogP) is 3.61. The van der Waals surface area contributed by atoms with Gasteiger partial charge >= 0.3 is 0 Å². The molecule has 3 rings (SSSR count). The third-order valence-corrected chi connectivity index (χ3v) is 5.02. The van der Waals surface area contributed by atoms with Crippen LogP contribution in [0, 0.1) is 0 Å². The first-order valence-electron chi connectivity index (χ1n) is 10.9. The monoisotopic (exact) mass is 424 g/mol. The van der Waals surface area contributed by atoms with Gasteiger partial charge in [0.1, 0.15) is 16.9 Å². The fraction of sp³-hybridized carbons (Fsp3) is 0.478. The molecule has 0 spiro atoms. The second-order valence-electron chi connectivity index (χ2n) is 7.92. The lowest BCUT2D eigenvalue weighted by atomic mass is 10.1. The molecule has 1 aromatic carbocycles. The lowest BCUT2D eigenvalue weighted by Gasteiger charge is -2.14. The summed E-state index contributed by atoms with van der Waals surface area (Å²) in [6, 6.07) is 8.22. The zero-order chi connectivity index (χ0) is 22.4. The molecule has 2 heterocycles. The lowest BCUT2D eigenvalue weighted by molar-refractivity contribution is -0.120. The summed E-state index contributed by atoms with van der Waals surface area (Å²) in [5.41, 5.74) is 9.71. The number of hydrogen-bond acceptors (Lipinski definition) is 6. The molecule has 0 aliphatic rings. The van der Waals surface area contributed by atoms with E-state index in [1.807, 2.05) is 32.9 Å². The number of nitrogen functional groups attached to an aromatic ring is 1. The SMILES string of the molecule is CCCCc1nc2c(N)nnc(OC(C)C)c2n1Cc1ccc(CNC(=O)CC)cc1. The van der Waals surface area contributed by atoms with Gasteiger partial charge in [-0.15, -0.1) is 10.2 Å². The number of carbonyl (C=O) groups is 1. The Hall–Kier alpha value is -3.16. The Morgan fingerprint density at radius 1 is 1.16 bits per heavy atom. The molecule has 0 saturated heterocycles. The number of imidazole rings is 1. The Morgan fingerprint density at radius 3 is 2.52 bits per heavy atom. The van der Waals surface area contributed by atoms with Crippen molar-refractivity contribution in [2.24, 2.45) is 0 Å². The summed E-state index contributed by atoms with van der Waals surface area (Å²) >= 11 is 0. The minimum Gasteiger partial charge on any atom is -0.472 e. The number of anilines is 1. The van der Waals surface area contributed by atoms with E-state index in [-0.39, 0.29) is 12.0 Å². The Balaban J connectivity index is 1.95. The maximum absolute atomic E-state index is 11.5. The fourth-order valence-corrected chi connectivity index (χ4v) is 3.36. The van der Waals surface area contributed by atoms with Crippen molar-refractivity contribution in [2.45, 2.75) is 72.6 Å². The van der Waals surface area contributed by atoms with Crippen LogP contribution in [0.3, 0.4) is 0 Å². The molecule has 0 aliphatic heterocycles. The third kappa shape index (κ3) is 5.51. The number of nitrogens with two attached hydrogens (primary N) is 1. The maximum Gasteiger partial charge on any atom is 0.260 e. The molecule has 0 unspecified atom stereocenters. The van der Waals surface area contributed by atoms with Crippen LogP contribution in [0.1, 0.15) is 63.9 Å². The van der Waals surface area contributed by atoms with Gasteiger partial charge in [0.25, 0.3) is 5.88 Å². The summed E-state index contributed by atoms with van der Waals surface area (Å²) < 4.78 is 8.07. The smallest absolute Gasteiger partial charge is 0.260 e. The van der Waals surface area contributed by atoms with Gasteiger partial charge in [0, 0.05) is 25.9 Å². The van der Waals surface area contributed by atoms with Gasteiger partial charge in [-0.25, -0.2) is 4.98 Å². The van der Waals surface area contributed by atoms with Crippen LogP contribution in [-0.4, -0.2) is 31.8 Å². The molecule has 0 atom stereocenters. The first-order chi connectivity index (χ1) is 14.9. The molecule has 166 valence electrons. The van der Waals surface area contributed by atoms with Gasteiger partial charge in [0.2, 0.25) is 5.91 Å². The maximum atomic E-state index is 11.5. The van der Waals surface area contributed by atoms with Crippen molar-refractivity contribution < 1.29 is 9.53 Å². The first kappa shape index (κ1) is 22.5. The molecule has 0 aliphatic carbocycles. The molecule has 3 aromatic rings. The zero-order valence-corrected chi connectivity index (χ0v) is 18.8. The van der Waals surface area contributed by atoms with E-state index in [9.17, 15) is 4.79 Å². The fourth-order valence-electron chi connectivity index (χ4n) is 3.36. The number of nitrogens with one attached hydrogen (secondary N) is 1. The highest BCUT2D eigenvalue weighted by atomic mass is 16.5. The summed E-state index contributed by atoms with van der Waals surface area (Å²) in [6.45, 7) is 9.07. The molecule has 3 N–H and O–H groups in total. The van der Waals surface area contributed by atoms with E-state index < -0.39 is 0 Å². The van der Waals surface area contributed by atoms with Crippen LogP contribution in [0.2, 0.25) is 0 Å². The molecule has 0 bridgehead atoms. The van der Waals surface area contributed by atoms with Gasteiger partial charge in [0.15, 0.2) is 5.82 Å². The summed E-state index contributed by atoms with van der Waals surface area (Å²) in [6.07, 6.45) is 3.39. The molecule has 0 radical (unpaired) electrons. The number of aromatic nitrogens is 4. The summed E-state index contributed by atoms with van der Waals surface area (Å²) in [5, 5.41) is 11.2. The number of amides is 1. The zero-order valence-electron chi connectivity index (χ0n) is 18.8. The van der Waals surface area contributed by atoms with E-state index in [0.717, 1.165) is 41.7 Å². The molecule has 8 heteroatoms. The minimum absolute atomic E-state index is 0.0406. The predicted molar refractivity (Wildman–Crippen MR) is 122 cm³/mol. The second kappa shape index (κ2) is 10.2. The van der Waals surface area contributed by atoms with E-state index in [0.29, 0.717) is 36.7 Å². The number of nitrogens with zero attached hydrogens (tertiary/aromatic N) is 4. The van der Waals surface area contributed by atoms with Crippen LogP contribution in [0.5, 0.6) is 5.88 Å². The van der Waals surface area contributed by atoms with E-state index in [1.54, 1.807) is 0 Å². The van der Waals surface area contributed by atoms with Gasteiger partial charge in [-0.2, -0.15) is 0 Å². The van der Waals surface area contributed by atoms with E-state index in [1.165, 1.54) is 0 Å². The number of aryl methyl sites for hydroxylation is 1. The molecular weight excluding hydrogens is 392 g/mol. The standard InChI is InChI=1S/C23H32N6O2/c1-5-7-8-18-26-20-21(23(31-15(3)4)28-27-22(20)24)29(18)14-17-11-9-16(10-12-17)13-25-19(30)6-2/h9-12,15H,5-8,13-14H2,1-4H3,(H2,24,27)(H,25,30). The molecule has 2 aromatic heterocycles. The highest BCUT2D eigenvalue weighted by Crippen LogP contribution is 2.29. The van der Waals surface area contributed by atoms with Crippen LogP contribution in [-0.2, 0) is 24.3 Å². The molecular formula is C23H32N6O2. The van der Waals surface area contributed by atoms with Gasteiger partial charge in [-0.3, -0.25) is 4.79 Å². The summed E-state index contributed by atoms with van der Waals surface area (Å²) in [4.78, 5) is 16.3. The normalized spacial score (nSPS) is 11.3. The highest BCUT2D eigenvalue weighted by Gasteiger charge is 2.20. The van der Waals surface area contributed by atoms with Gasteiger partial charge in [-0.05, 0) is 31.4 Å². The van der Waals surface area contributed by atoms with E-state index >= 15 is 0 Å². The number of benzene rings is 1. The van der Waals surface area contributed by atoms with Crippen LogP contribution >= 0.6 is 0 Å². The van der Waals surface area contributed by atoms with Crippen LogP contribution < -0.4 is 15.8 Å². The molecule has 1 amide bonds. The number of hydrogen-bond donors (Lipinski definition) is 2. The van der Waals surface area contributed by atoms with Crippen molar-refractivity contribution in [3.8, 4) is 5.88 Å². The van der Waals surface area contributed by atoms with Gasteiger partial charge < -0.3 is 20.4 Å². The van der Waals surface area contributed by atoms with Gasteiger partial charge in [0.05, 0.1) is 6.10 Å². The molecule has 0 saturated carbocycles. The van der Waals surface area contributed by atoms with Crippen LogP contribution in [0.15, 0.2) is 24.3 Å². The van der Waals surface area contributed by atoms with Gasteiger partial charge in [-0.1, -0.05) is 44.5 Å². The number of unbranched alkanes of at least 4 members (excludes halogenated alkanes) is 1. The first-order valence-corrected chi connectivity index (χ1v) is 10.9. The van der Waals surface area contributed by atoms with Crippen molar-refractivity contribution >= 4 is 22.8 Å². The Kier molecular flexibility index (Phi) is 7.44. The average Bonchev–Trinajstić information content (AvgIpc) is 3.12. The van der Waals surface area contributed by atoms with E-state index in [4.69, 9.17) is 15.5 Å². The molecule has 0 fully saturated rings. The van der Waals surface area contributed by atoms with Crippen molar-refractivity contribution in [3.05, 3.63) is 41.2 Å². The Morgan fingerprint density at radius 2 is 1.87 bits per heavy atom. The van der Waals surface area contributed by atoms with Crippen molar-refractivity contribution in [2.75, 3.05) is 5.73 Å². The average molecular weight is 425 g/mol. The third-order valence-electron chi connectivity index (χ3n) is 5.02. The van der Waals surface area contributed by atoms with Crippen molar-refractivity contribution in [1.82, 2.24) is 25.1 Å². The highest BCUT2D eigenvalue weighted by molar-refractivity contribution is 5.88. The van der Waals surface area contributed by atoms with Crippen LogP contribution in [0.4, 0.5) is 5.82 Å². The number of ether oxygens (including phenoxy) is 1. The van der Waals surface area contributed by atoms with E-state index in [2.05, 4.69) is 39.1 Å². The quantitative estimate of drug-likeness (QED) is 0.515. The Labute approximate surface area is 183 Å². The van der Waals surface area contributed by atoms with Crippen LogP contribution in [0.25, 0.3) is 11.0 Å². The number of rotatable bonds is 10. The second-order valence-corrected chi connectivity index (χ2v) is 7.92. The minimum atomic E-state index is -0.0406. The molecule has 8 nitrogen and oxygen atoms in total.